The molecule has 0 unspecified atom stereocenters. The summed E-state index contributed by atoms with van der Waals surface area (Å²) in [4.78, 5) is 4.04. The van der Waals surface area contributed by atoms with Crippen LogP contribution >= 0.6 is 23.2 Å². The van der Waals surface area contributed by atoms with Gasteiger partial charge >= 0.3 is 0 Å². The van der Waals surface area contributed by atoms with Gasteiger partial charge < -0.3 is 0 Å². The van der Waals surface area contributed by atoms with E-state index in [0.29, 0.717) is 16.6 Å². The highest BCUT2D eigenvalue weighted by atomic mass is 35.5. The van der Waals surface area contributed by atoms with Gasteiger partial charge in [-0.25, -0.2) is 17.8 Å². The molecule has 0 amide bonds. The van der Waals surface area contributed by atoms with Gasteiger partial charge in [0.2, 0.25) is 0 Å². The molecule has 0 fully saturated rings. The Morgan fingerprint density at radius 1 is 1.04 bits per heavy atom. The summed E-state index contributed by atoms with van der Waals surface area (Å²) in [6.07, 6.45) is 1.43. The maximum Gasteiger partial charge on any atom is 0.264 e. The molecular formula is C15H12Cl2N4O2S. The minimum Gasteiger partial charge on any atom is -0.246 e. The maximum absolute atomic E-state index is 12.3. The van der Waals surface area contributed by atoms with E-state index in [4.69, 9.17) is 23.2 Å². The summed E-state index contributed by atoms with van der Waals surface area (Å²) in [7, 11) is -3.77. The van der Waals surface area contributed by atoms with E-state index in [9.17, 15) is 8.42 Å². The lowest BCUT2D eigenvalue weighted by Crippen LogP contribution is -2.14. The molecule has 0 atom stereocenters. The average molecular weight is 383 g/mol. The van der Waals surface area contributed by atoms with Gasteiger partial charge in [0, 0.05) is 10.0 Å². The zero-order valence-corrected chi connectivity index (χ0v) is 14.6. The van der Waals surface area contributed by atoms with Crippen LogP contribution in [0.15, 0.2) is 59.8 Å². The van der Waals surface area contributed by atoms with Crippen LogP contribution in [0.3, 0.4) is 0 Å². The first-order valence-corrected chi connectivity index (χ1v) is 9.09. The molecule has 24 heavy (non-hydrogen) atoms. The lowest BCUT2D eigenvalue weighted by Gasteiger charge is -2.05. The van der Waals surface area contributed by atoms with E-state index in [2.05, 4.69) is 14.8 Å². The Labute approximate surface area is 149 Å². The second-order valence-corrected chi connectivity index (χ2v) is 7.44. The van der Waals surface area contributed by atoms with Crippen LogP contribution < -0.4 is 4.72 Å². The second-order valence-electron chi connectivity index (χ2n) is 4.92. The number of benzene rings is 2. The van der Waals surface area contributed by atoms with Crippen molar-refractivity contribution in [3.05, 3.63) is 70.5 Å². The topological polar surface area (TPSA) is 76.9 Å². The van der Waals surface area contributed by atoms with Gasteiger partial charge in [-0.15, -0.1) is 5.10 Å². The van der Waals surface area contributed by atoms with Crippen LogP contribution in [0.2, 0.25) is 10.0 Å². The first-order chi connectivity index (χ1) is 11.4. The van der Waals surface area contributed by atoms with Gasteiger partial charge in [0.15, 0.2) is 0 Å². The quantitative estimate of drug-likeness (QED) is 0.732. The van der Waals surface area contributed by atoms with Crippen LogP contribution in [0.1, 0.15) is 5.56 Å². The fraction of sp³-hybridized carbons (Fsp3) is 0.0667. The molecule has 1 N–H and O–H groups in total. The molecule has 0 radical (unpaired) electrons. The highest BCUT2D eigenvalue weighted by Crippen LogP contribution is 2.18. The van der Waals surface area contributed by atoms with Crippen molar-refractivity contribution < 1.29 is 8.42 Å². The summed E-state index contributed by atoms with van der Waals surface area (Å²) in [5, 5.41) is 5.17. The molecule has 3 rings (SSSR count). The Bertz CT molecular complexity index is 956. The van der Waals surface area contributed by atoms with E-state index in [1.807, 2.05) is 18.2 Å². The summed E-state index contributed by atoms with van der Waals surface area (Å²) in [6.45, 7) is 0.384. The number of aromatic nitrogens is 3. The minimum absolute atomic E-state index is 0.0167. The Balaban J connectivity index is 1.76. The number of hydrogen-bond acceptors (Lipinski definition) is 4. The third-order valence-electron chi connectivity index (χ3n) is 3.18. The summed E-state index contributed by atoms with van der Waals surface area (Å²) in [5.41, 5.74) is 0.858. The van der Waals surface area contributed by atoms with Crippen LogP contribution in [-0.2, 0) is 16.6 Å². The van der Waals surface area contributed by atoms with Gasteiger partial charge in [0.05, 0.1) is 11.4 Å². The van der Waals surface area contributed by atoms with E-state index < -0.39 is 10.0 Å². The van der Waals surface area contributed by atoms with Crippen molar-refractivity contribution in [1.82, 2.24) is 14.8 Å². The van der Waals surface area contributed by atoms with Gasteiger partial charge in [-0.2, -0.15) is 4.98 Å². The number of nitrogens with one attached hydrogen (secondary N) is 1. The number of sulfonamides is 1. The lowest BCUT2D eigenvalue weighted by molar-refractivity contribution is 0.600. The zero-order chi connectivity index (χ0) is 17.2. The van der Waals surface area contributed by atoms with Crippen molar-refractivity contribution in [2.45, 2.75) is 11.4 Å². The molecule has 3 aromatic rings. The van der Waals surface area contributed by atoms with Crippen molar-refractivity contribution in [3.8, 4) is 0 Å². The predicted molar refractivity (Wildman–Crippen MR) is 92.8 cm³/mol. The molecule has 0 aliphatic heterocycles. The number of rotatable bonds is 5. The fourth-order valence-electron chi connectivity index (χ4n) is 2.01. The molecule has 1 heterocycles. The SMILES string of the molecule is O=S(=O)(Nc1ncn(Cc2ccccc2Cl)n1)c1ccc(Cl)cc1. The molecule has 6 nitrogen and oxygen atoms in total. The lowest BCUT2D eigenvalue weighted by atomic mass is 10.2. The van der Waals surface area contributed by atoms with Crippen molar-refractivity contribution >= 4 is 39.2 Å². The molecular weight excluding hydrogens is 371 g/mol. The molecule has 0 saturated carbocycles. The van der Waals surface area contributed by atoms with Gasteiger partial charge in [0.25, 0.3) is 16.0 Å². The smallest absolute Gasteiger partial charge is 0.246 e. The molecule has 0 bridgehead atoms. The minimum atomic E-state index is -3.77. The number of halogens is 2. The molecule has 0 saturated heterocycles. The van der Waals surface area contributed by atoms with Crippen molar-refractivity contribution in [3.63, 3.8) is 0 Å². The highest BCUT2D eigenvalue weighted by Gasteiger charge is 2.16. The monoisotopic (exact) mass is 382 g/mol. The number of anilines is 1. The summed E-state index contributed by atoms with van der Waals surface area (Å²) < 4.78 is 28.4. The standard InChI is InChI=1S/C15H12Cl2N4O2S/c16-12-5-7-13(8-6-12)24(22,23)20-15-18-10-21(19-15)9-11-3-1-2-4-14(11)17/h1-8,10H,9H2,(H,19,20). The zero-order valence-electron chi connectivity index (χ0n) is 12.2. The third kappa shape index (κ3) is 3.87. The Kier molecular flexibility index (Phi) is 4.75. The summed E-state index contributed by atoms with van der Waals surface area (Å²) in [5.74, 6) is -0.0167. The Morgan fingerprint density at radius 3 is 2.46 bits per heavy atom. The van der Waals surface area contributed by atoms with Crippen LogP contribution in [0.4, 0.5) is 5.95 Å². The number of hydrogen-bond donors (Lipinski definition) is 1. The van der Waals surface area contributed by atoms with Crippen LogP contribution in [0.25, 0.3) is 0 Å². The Hall–Kier alpha value is -2.09. The highest BCUT2D eigenvalue weighted by molar-refractivity contribution is 7.92. The largest absolute Gasteiger partial charge is 0.264 e. The molecule has 0 spiro atoms. The molecule has 0 aliphatic rings. The molecule has 0 aliphatic carbocycles. The second kappa shape index (κ2) is 6.80. The van der Waals surface area contributed by atoms with E-state index in [0.717, 1.165) is 5.56 Å². The van der Waals surface area contributed by atoms with Crippen molar-refractivity contribution in [1.29, 1.82) is 0 Å². The molecule has 1 aromatic heterocycles. The molecule has 124 valence electrons. The van der Waals surface area contributed by atoms with Gasteiger partial charge in [-0.3, -0.25) is 0 Å². The first-order valence-electron chi connectivity index (χ1n) is 6.85. The predicted octanol–water partition coefficient (Wildman–Crippen LogP) is 3.43. The van der Waals surface area contributed by atoms with Gasteiger partial charge in [-0.1, -0.05) is 41.4 Å². The first kappa shape index (κ1) is 16.8. The van der Waals surface area contributed by atoms with Crippen LogP contribution in [0.5, 0.6) is 0 Å². The van der Waals surface area contributed by atoms with Crippen molar-refractivity contribution in [2.24, 2.45) is 0 Å². The van der Waals surface area contributed by atoms with E-state index in [1.165, 1.54) is 35.3 Å². The fourth-order valence-corrected chi connectivity index (χ4v) is 3.28. The third-order valence-corrected chi connectivity index (χ3v) is 5.14. The average Bonchev–Trinajstić information content (AvgIpc) is 2.96. The van der Waals surface area contributed by atoms with E-state index in [1.54, 1.807) is 6.07 Å². The maximum atomic E-state index is 12.3. The summed E-state index contributed by atoms with van der Waals surface area (Å²) >= 11 is 11.9. The van der Waals surface area contributed by atoms with Gasteiger partial charge in [-0.05, 0) is 35.9 Å². The number of nitrogens with zero attached hydrogens (tertiary/aromatic N) is 3. The van der Waals surface area contributed by atoms with Crippen LogP contribution in [-0.4, -0.2) is 23.2 Å². The van der Waals surface area contributed by atoms with Crippen LogP contribution in [0, 0.1) is 0 Å². The normalized spacial score (nSPS) is 11.4. The summed E-state index contributed by atoms with van der Waals surface area (Å²) in [6, 6.07) is 13.1. The Morgan fingerprint density at radius 2 is 1.75 bits per heavy atom. The van der Waals surface area contributed by atoms with E-state index in [-0.39, 0.29) is 10.8 Å². The molecule has 9 heteroatoms. The molecule has 2 aromatic carbocycles. The van der Waals surface area contributed by atoms with Gasteiger partial charge in [0.1, 0.15) is 6.33 Å². The van der Waals surface area contributed by atoms with E-state index >= 15 is 0 Å². The van der Waals surface area contributed by atoms with Crippen molar-refractivity contribution in [2.75, 3.05) is 4.72 Å².